The summed E-state index contributed by atoms with van der Waals surface area (Å²) >= 11 is 0. The van der Waals surface area contributed by atoms with Crippen LogP contribution in [0.15, 0.2) is 322 Å². The van der Waals surface area contributed by atoms with Gasteiger partial charge in [-0.05, 0) is 129 Å². The first-order valence-electron chi connectivity index (χ1n) is 41.7. The smallest absolute Gasteiger partial charge is 0.345 e. The van der Waals surface area contributed by atoms with E-state index in [1.165, 1.54) is 94.9 Å². The van der Waals surface area contributed by atoms with Crippen LogP contribution in [0.4, 0.5) is 17.1 Å². The second kappa shape index (κ2) is 24.6. The van der Waals surface area contributed by atoms with E-state index in [2.05, 4.69) is 260 Å². The Kier molecular flexibility index (Phi) is 12.0. The monoisotopic (exact) mass is 1540 g/mol. The van der Waals surface area contributed by atoms with Gasteiger partial charge in [-0.1, -0.05) is 273 Å². The van der Waals surface area contributed by atoms with E-state index in [0.29, 0.717) is 10.9 Å². The third-order valence-electron chi connectivity index (χ3n) is 22.1. The van der Waals surface area contributed by atoms with Crippen LogP contribution in [0.5, 0.6) is 0 Å². The molecule has 0 saturated carbocycles. The van der Waals surface area contributed by atoms with Crippen LogP contribution in [0.2, 0.25) is 0 Å². The summed E-state index contributed by atoms with van der Waals surface area (Å²) in [4.78, 5) is 12.1. The molecule has 0 unspecified atom stereocenters. The molecule has 7 heteroatoms. The third-order valence-corrected chi connectivity index (χ3v) is 22.1. The molecule has 1 aliphatic carbocycles. The molecule has 6 nitrogen and oxygen atoms in total. The maximum Gasteiger partial charge on any atom is 2.00 e. The number of para-hydroxylation sites is 1. The van der Waals surface area contributed by atoms with Crippen LogP contribution in [0, 0.1) is 32.8 Å². The Bertz CT molecular complexity index is 6830. The first-order chi connectivity index (χ1) is 56.5. The zero-order chi connectivity index (χ0) is 80.8. The molecule has 17 aromatic rings. The SMILES string of the molecule is CC1(C)c2cccc3c2-c2c4c1cccc4cc[n+]2C3.[2H]c1c([2H])c(C)c(-c2c([2H])n3c4c5c(c([2H])c([2H])c([2H])c5c5c([2H])c(C)c([2H])c([2H])c5[n+]24)C3)c(C([2H])([2H])[2H])c1[2H].[Pt+2].[c-]1c(-c2ccccn2)ccc2c1N1c3[c-]c(-c4ccccn4)ccc3C(c3ccccc3)(c3ccccc3)c3cccc(c31)C2(c1ccccc1)c1ccccc1. The van der Waals surface area contributed by atoms with Crippen molar-refractivity contribution in [3.8, 4) is 45.0 Å². The molecule has 0 bridgehead atoms. The molecule has 0 amide bonds. The molecule has 0 saturated heterocycles. The number of imidazole rings is 1. The average Bonchev–Trinajstić information content (AvgIpc) is 1.64. The van der Waals surface area contributed by atoms with Crippen molar-refractivity contribution in [3.63, 3.8) is 0 Å². The fraction of sp³-hybridized carbons (Fsp3) is 0.102. The number of rotatable bonds is 7. The molecule has 502 valence electrons. The Balaban J connectivity index is 0.000000131. The Morgan fingerprint density at radius 1 is 0.486 bits per heavy atom. The van der Waals surface area contributed by atoms with E-state index < -0.39 is 35.3 Å². The van der Waals surface area contributed by atoms with Gasteiger partial charge in [-0.3, -0.25) is 0 Å². The van der Waals surface area contributed by atoms with E-state index in [1.54, 1.807) is 0 Å². The first-order valence-corrected chi connectivity index (χ1v) is 35.2. The molecule has 105 heavy (non-hydrogen) atoms. The number of fused-ring (bicyclic) bond motifs is 7. The number of hydrogen-bond acceptors (Lipinski definition) is 3. The summed E-state index contributed by atoms with van der Waals surface area (Å²) in [6.45, 7) is 5.68. The van der Waals surface area contributed by atoms with Gasteiger partial charge in [-0.15, -0.1) is 47.5 Å². The Morgan fingerprint density at radius 2 is 1.04 bits per heavy atom. The Morgan fingerprint density at radius 3 is 1.63 bits per heavy atom. The van der Waals surface area contributed by atoms with E-state index in [0.717, 1.165) is 57.2 Å². The van der Waals surface area contributed by atoms with Gasteiger partial charge in [-0.25, -0.2) is 4.57 Å². The third kappa shape index (κ3) is 9.38. The molecule has 9 heterocycles. The van der Waals surface area contributed by atoms with Crippen molar-refractivity contribution in [1.29, 1.82) is 0 Å². The van der Waals surface area contributed by atoms with Crippen LogP contribution < -0.4 is 13.9 Å². The zero-order valence-electron chi connectivity index (χ0n) is 70.7. The molecular weight excluding hydrogens is 1460 g/mol. The van der Waals surface area contributed by atoms with Gasteiger partial charge in [0.05, 0.1) is 34.4 Å². The number of benzene rings is 12. The van der Waals surface area contributed by atoms with Crippen LogP contribution in [-0.4, -0.2) is 14.5 Å². The molecule has 0 N–H and O–H groups in total. The van der Waals surface area contributed by atoms with Crippen molar-refractivity contribution in [2.45, 2.75) is 63.9 Å². The molecule has 5 aromatic heterocycles. The van der Waals surface area contributed by atoms with Gasteiger partial charge in [0.25, 0.3) is 5.65 Å². The number of aromatic nitrogens is 5. The van der Waals surface area contributed by atoms with Crippen molar-refractivity contribution in [3.05, 3.63) is 417 Å². The van der Waals surface area contributed by atoms with Crippen molar-refractivity contribution >= 4 is 55.2 Å². The predicted octanol–water partition coefficient (Wildman–Crippen LogP) is 21.6. The summed E-state index contributed by atoms with van der Waals surface area (Å²) in [5, 5.41) is 3.35. The maximum atomic E-state index is 9.20. The molecule has 0 spiro atoms. The van der Waals surface area contributed by atoms with E-state index in [-0.39, 0.29) is 126 Å². The minimum atomic E-state index is -2.91. The van der Waals surface area contributed by atoms with Gasteiger partial charge in [0.15, 0.2) is 18.4 Å². The largest absolute Gasteiger partial charge is 2.00 e. The van der Waals surface area contributed by atoms with Gasteiger partial charge < -0.3 is 14.9 Å². The molecule has 0 radical (unpaired) electrons. The minimum absolute atomic E-state index is 0. The summed E-state index contributed by atoms with van der Waals surface area (Å²) < 4.78 is 116. The number of nitrogens with zero attached hydrogens (tertiary/aromatic N) is 6. The van der Waals surface area contributed by atoms with Crippen molar-refractivity contribution in [1.82, 2.24) is 14.5 Å². The molecule has 12 aromatic carbocycles. The normalized spacial score (nSPS) is 16.1. The summed E-state index contributed by atoms with van der Waals surface area (Å²) in [6, 6.07) is 92.5. The molecule has 0 fully saturated rings. The Hall–Kier alpha value is -12.0. The fourth-order valence-corrected chi connectivity index (χ4v) is 17.8. The van der Waals surface area contributed by atoms with Crippen LogP contribution in [0.3, 0.4) is 0 Å². The first kappa shape index (κ1) is 51.2. The van der Waals surface area contributed by atoms with Gasteiger partial charge in [0.1, 0.15) is 19.6 Å². The van der Waals surface area contributed by atoms with E-state index in [1.807, 2.05) is 36.7 Å². The maximum absolute atomic E-state index is 9.20. The summed E-state index contributed by atoms with van der Waals surface area (Å²) in [5.74, 6) is 0. The van der Waals surface area contributed by atoms with E-state index in [4.69, 9.17) is 26.4 Å². The molecule has 5 aliphatic rings. The topological polar surface area (TPSA) is 41.9 Å². The van der Waals surface area contributed by atoms with Gasteiger partial charge in [0.2, 0.25) is 5.69 Å². The predicted molar refractivity (Wildman–Crippen MR) is 421 cm³/mol. The second-order valence-electron chi connectivity index (χ2n) is 28.0. The summed E-state index contributed by atoms with van der Waals surface area (Å²) in [7, 11) is 0. The van der Waals surface area contributed by atoms with E-state index in [9.17, 15) is 1.37 Å². The molecular formula is C98H72N6Pt+2. The zero-order valence-corrected chi connectivity index (χ0v) is 60.0. The molecule has 4 aliphatic heterocycles. The van der Waals surface area contributed by atoms with Crippen molar-refractivity contribution < 1.29 is 47.9 Å². The minimum Gasteiger partial charge on any atom is -0.345 e. The number of pyridine rings is 4. The average molecular weight is 1540 g/mol. The van der Waals surface area contributed by atoms with Gasteiger partial charge >= 0.3 is 21.1 Å². The standard InChI is InChI=1S/C54H35N3.C25H21N2.C19H16N.Pt/c1-5-18-40(19-6-1)53(41-20-7-2-8-21-41)44-32-30-38(48-28-13-15-34-55-48)36-50(44)57-51-37-39(49-29-14-16-35-56-49)31-33-45(51)54(42-22-9-3-10-23-42,43-24-11-4-12-25-43)47-27-17-26-46(53)52(47)57;1-15-10-11-21-20(12-15)19-9-5-8-18-13-26-14-22(27(21)25(26)24(18)19)23-16(2)6-4-7-17(23)3;1-19(2)14-7-3-5-12-9-10-20-11-13-6-4-8-15(19)17(13)18(20)16(12)14;/h1-35H;4-12,14H,13H2,1-3H3;3-10H,11H2,1-2H3;/q-2;2*+1;+2/i;2D3,4D,5D,6D,7D,8D,9D,10D,11D,12D,14D;;. The van der Waals surface area contributed by atoms with Crippen LogP contribution in [-0.2, 0) is 50.4 Å². The molecule has 22 rings (SSSR count). The summed E-state index contributed by atoms with van der Waals surface area (Å²) in [6.07, 6.45) is 5.69. The summed E-state index contributed by atoms with van der Waals surface area (Å²) in [5.41, 5.74) is 22.1. The van der Waals surface area contributed by atoms with Gasteiger partial charge in [-0.2, -0.15) is 8.97 Å². The second-order valence-corrected chi connectivity index (χ2v) is 28.0. The van der Waals surface area contributed by atoms with Crippen LogP contribution in [0.1, 0.15) is 115 Å². The Labute approximate surface area is 645 Å². The fourth-order valence-electron chi connectivity index (χ4n) is 17.8. The van der Waals surface area contributed by atoms with Crippen molar-refractivity contribution in [2.75, 3.05) is 4.90 Å². The molecule has 0 atom stereocenters. The number of anilines is 3. The van der Waals surface area contributed by atoms with Crippen molar-refractivity contribution in [2.24, 2.45) is 0 Å². The number of hydrogen-bond donors (Lipinski definition) is 0. The van der Waals surface area contributed by atoms with E-state index >= 15 is 0 Å². The quantitative estimate of drug-likeness (QED) is 0.0907. The van der Waals surface area contributed by atoms with Crippen LogP contribution >= 0.6 is 0 Å². The van der Waals surface area contributed by atoms with Crippen LogP contribution in [0.25, 0.3) is 83.1 Å². The van der Waals surface area contributed by atoms with Gasteiger partial charge in [0, 0.05) is 66.3 Å².